The standard InChI is InChI=1S/C12H11N3O4/c1-6-7(2)15-19-11(6)14-10(16)8-3-4-13-9(5-8)12(17)18/h3-5H,1-2H3,(H,14,16)(H,17,18). The summed E-state index contributed by atoms with van der Waals surface area (Å²) in [5.74, 6) is -1.43. The van der Waals surface area contributed by atoms with Crippen LogP contribution < -0.4 is 5.32 Å². The quantitative estimate of drug-likeness (QED) is 0.870. The molecule has 2 rings (SSSR count). The number of hydrogen-bond acceptors (Lipinski definition) is 5. The van der Waals surface area contributed by atoms with E-state index in [-0.39, 0.29) is 17.1 Å². The van der Waals surface area contributed by atoms with Crippen molar-refractivity contribution in [1.29, 1.82) is 0 Å². The molecule has 0 radical (unpaired) electrons. The summed E-state index contributed by atoms with van der Waals surface area (Å²) in [6.45, 7) is 3.51. The number of nitrogens with one attached hydrogen (secondary N) is 1. The highest BCUT2D eigenvalue weighted by atomic mass is 16.5. The number of anilines is 1. The molecule has 2 heterocycles. The minimum absolute atomic E-state index is 0.181. The highest BCUT2D eigenvalue weighted by Crippen LogP contribution is 2.18. The molecule has 0 aliphatic carbocycles. The first-order chi connectivity index (χ1) is 8.99. The molecule has 0 saturated heterocycles. The summed E-state index contributed by atoms with van der Waals surface area (Å²) in [7, 11) is 0. The summed E-state index contributed by atoms with van der Waals surface area (Å²) in [6.07, 6.45) is 1.26. The van der Waals surface area contributed by atoms with Crippen LogP contribution in [-0.2, 0) is 0 Å². The van der Waals surface area contributed by atoms with Gasteiger partial charge in [-0.25, -0.2) is 9.78 Å². The Morgan fingerprint density at radius 3 is 2.68 bits per heavy atom. The van der Waals surface area contributed by atoms with Gasteiger partial charge in [0.05, 0.1) is 5.69 Å². The Hall–Kier alpha value is -2.70. The Labute approximate surface area is 108 Å². The normalized spacial score (nSPS) is 10.2. The van der Waals surface area contributed by atoms with Crippen molar-refractivity contribution in [3.8, 4) is 0 Å². The van der Waals surface area contributed by atoms with Gasteiger partial charge in [0.15, 0.2) is 0 Å². The van der Waals surface area contributed by atoms with Crippen LogP contribution in [0.5, 0.6) is 0 Å². The highest BCUT2D eigenvalue weighted by molar-refractivity contribution is 6.04. The zero-order valence-corrected chi connectivity index (χ0v) is 10.3. The molecule has 98 valence electrons. The molecule has 7 nitrogen and oxygen atoms in total. The summed E-state index contributed by atoms with van der Waals surface area (Å²) >= 11 is 0. The van der Waals surface area contributed by atoms with E-state index >= 15 is 0 Å². The van der Waals surface area contributed by atoms with Gasteiger partial charge in [-0.2, -0.15) is 0 Å². The van der Waals surface area contributed by atoms with Crippen LogP contribution in [0.25, 0.3) is 0 Å². The highest BCUT2D eigenvalue weighted by Gasteiger charge is 2.15. The van der Waals surface area contributed by atoms with Gasteiger partial charge in [-0.1, -0.05) is 5.16 Å². The molecule has 0 unspecified atom stereocenters. The number of carbonyl (C=O) groups is 2. The average molecular weight is 261 g/mol. The number of aryl methyl sites for hydroxylation is 1. The summed E-state index contributed by atoms with van der Waals surface area (Å²) in [5, 5.41) is 15.0. The third-order valence-corrected chi connectivity index (χ3v) is 2.63. The summed E-state index contributed by atoms with van der Waals surface area (Å²) in [5.41, 5.74) is 1.39. The van der Waals surface area contributed by atoms with Crippen molar-refractivity contribution < 1.29 is 19.2 Å². The fourth-order valence-corrected chi connectivity index (χ4v) is 1.40. The maximum Gasteiger partial charge on any atom is 0.354 e. The summed E-state index contributed by atoms with van der Waals surface area (Å²) < 4.78 is 4.95. The van der Waals surface area contributed by atoms with Crippen LogP contribution in [0, 0.1) is 13.8 Å². The molecule has 0 aliphatic heterocycles. The molecule has 0 spiro atoms. The summed E-state index contributed by atoms with van der Waals surface area (Å²) in [4.78, 5) is 26.3. The minimum Gasteiger partial charge on any atom is -0.477 e. The predicted octanol–water partition coefficient (Wildman–Crippen LogP) is 1.64. The number of hydrogen-bond donors (Lipinski definition) is 2. The Bertz CT molecular complexity index is 648. The fraction of sp³-hybridized carbons (Fsp3) is 0.167. The van der Waals surface area contributed by atoms with Crippen molar-refractivity contribution >= 4 is 17.8 Å². The molecule has 2 aromatic rings. The van der Waals surface area contributed by atoms with Crippen LogP contribution in [0.4, 0.5) is 5.88 Å². The lowest BCUT2D eigenvalue weighted by atomic mass is 10.2. The van der Waals surface area contributed by atoms with Crippen molar-refractivity contribution in [1.82, 2.24) is 10.1 Å². The van der Waals surface area contributed by atoms with Crippen molar-refractivity contribution in [2.45, 2.75) is 13.8 Å². The van der Waals surface area contributed by atoms with Crippen molar-refractivity contribution in [2.24, 2.45) is 0 Å². The Kier molecular flexibility index (Phi) is 3.28. The zero-order valence-electron chi connectivity index (χ0n) is 10.3. The van der Waals surface area contributed by atoms with E-state index in [4.69, 9.17) is 9.63 Å². The Balaban J connectivity index is 2.23. The maximum atomic E-state index is 11.9. The van der Waals surface area contributed by atoms with Gasteiger partial charge in [0.2, 0.25) is 5.88 Å². The van der Waals surface area contributed by atoms with Gasteiger partial charge in [-0.05, 0) is 26.0 Å². The summed E-state index contributed by atoms with van der Waals surface area (Å²) in [6, 6.07) is 2.61. The van der Waals surface area contributed by atoms with Gasteiger partial charge in [0, 0.05) is 17.3 Å². The van der Waals surface area contributed by atoms with Crippen LogP contribution >= 0.6 is 0 Å². The minimum atomic E-state index is -1.19. The van der Waals surface area contributed by atoms with E-state index in [9.17, 15) is 9.59 Å². The third kappa shape index (κ3) is 2.59. The number of carboxylic acid groups (broad SMARTS) is 1. The van der Waals surface area contributed by atoms with Crippen LogP contribution in [-0.4, -0.2) is 27.1 Å². The molecule has 7 heteroatoms. The van der Waals surface area contributed by atoms with E-state index in [0.717, 1.165) is 5.56 Å². The topological polar surface area (TPSA) is 105 Å². The lowest BCUT2D eigenvalue weighted by molar-refractivity contribution is 0.0690. The lowest BCUT2D eigenvalue weighted by Crippen LogP contribution is -2.13. The third-order valence-electron chi connectivity index (χ3n) is 2.63. The van der Waals surface area contributed by atoms with E-state index < -0.39 is 11.9 Å². The lowest BCUT2D eigenvalue weighted by Gasteiger charge is -2.02. The average Bonchev–Trinajstić information content (AvgIpc) is 2.71. The Morgan fingerprint density at radius 1 is 1.37 bits per heavy atom. The van der Waals surface area contributed by atoms with E-state index in [0.29, 0.717) is 5.69 Å². The molecule has 0 fully saturated rings. The van der Waals surface area contributed by atoms with Crippen LogP contribution in [0.15, 0.2) is 22.9 Å². The molecule has 0 aromatic carbocycles. The molecule has 1 amide bonds. The fourth-order valence-electron chi connectivity index (χ4n) is 1.40. The van der Waals surface area contributed by atoms with E-state index in [1.54, 1.807) is 13.8 Å². The van der Waals surface area contributed by atoms with Gasteiger partial charge >= 0.3 is 5.97 Å². The van der Waals surface area contributed by atoms with Crippen molar-refractivity contribution in [3.05, 3.63) is 40.8 Å². The van der Waals surface area contributed by atoms with Gasteiger partial charge in [0.25, 0.3) is 5.91 Å². The monoisotopic (exact) mass is 261 g/mol. The molecule has 19 heavy (non-hydrogen) atoms. The van der Waals surface area contributed by atoms with E-state index in [2.05, 4.69) is 15.5 Å². The first kappa shape index (κ1) is 12.7. The molecule has 0 saturated carbocycles. The second-order valence-electron chi connectivity index (χ2n) is 3.91. The maximum absolute atomic E-state index is 11.9. The van der Waals surface area contributed by atoms with Gasteiger partial charge < -0.3 is 9.63 Å². The number of amides is 1. The molecule has 2 aromatic heterocycles. The number of pyridine rings is 1. The van der Waals surface area contributed by atoms with Crippen molar-refractivity contribution in [2.75, 3.05) is 5.32 Å². The number of carboxylic acids is 1. The van der Waals surface area contributed by atoms with Gasteiger partial charge in [0.1, 0.15) is 5.69 Å². The number of rotatable bonds is 3. The number of nitrogens with zero attached hydrogens (tertiary/aromatic N) is 2. The first-order valence-corrected chi connectivity index (χ1v) is 5.42. The van der Waals surface area contributed by atoms with Crippen LogP contribution in [0.3, 0.4) is 0 Å². The van der Waals surface area contributed by atoms with Gasteiger partial charge in [-0.3, -0.25) is 10.1 Å². The molecule has 2 N–H and O–H groups in total. The molecule has 0 aliphatic rings. The van der Waals surface area contributed by atoms with Crippen LogP contribution in [0.2, 0.25) is 0 Å². The van der Waals surface area contributed by atoms with E-state index in [1.165, 1.54) is 18.3 Å². The van der Waals surface area contributed by atoms with Gasteiger partial charge in [-0.15, -0.1) is 0 Å². The molecular formula is C12H11N3O4. The first-order valence-electron chi connectivity index (χ1n) is 5.42. The molecule has 0 bridgehead atoms. The number of aromatic carboxylic acids is 1. The Morgan fingerprint density at radius 2 is 2.11 bits per heavy atom. The smallest absolute Gasteiger partial charge is 0.354 e. The second-order valence-corrected chi connectivity index (χ2v) is 3.91. The molecule has 0 atom stereocenters. The number of aromatic nitrogens is 2. The second kappa shape index (κ2) is 4.89. The van der Waals surface area contributed by atoms with Crippen molar-refractivity contribution in [3.63, 3.8) is 0 Å². The SMILES string of the molecule is Cc1noc(NC(=O)c2ccnc(C(=O)O)c2)c1C. The van der Waals surface area contributed by atoms with Crippen LogP contribution in [0.1, 0.15) is 32.1 Å². The number of carbonyl (C=O) groups excluding carboxylic acids is 1. The van der Waals surface area contributed by atoms with E-state index in [1.807, 2.05) is 0 Å². The zero-order chi connectivity index (χ0) is 14.0. The predicted molar refractivity (Wildman–Crippen MR) is 65.1 cm³/mol. The largest absolute Gasteiger partial charge is 0.477 e. The molecular weight excluding hydrogens is 250 g/mol.